The highest BCUT2D eigenvalue weighted by molar-refractivity contribution is 5.92. The van der Waals surface area contributed by atoms with Gasteiger partial charge < -0.3 is 10.0 Å². The van der Waals surface area contributed by atoms with Gasteiger partial charge in [-0.05, 0) is 37.8 Å². The average molecular weight is 330 g/mol. The first kappa shape index (κ1) is 17.2. The van der Waals surface area contributed by atoms with Crippen LogP contribution in [0.2, 0.25) is 0 Å². The fourth-order valence-corrected chi connectivity index (χ4v) is 2.69. The van der Waals surface area contributed by atoms with Gasteiger partial charge in [0.1, 0.15) is 5.69 Å². The van der Waals surface area contributed by atoms with Gasteiger partial charge in [0.25, 0.3) is 5.91 Å². The topological polar surface area (TPSA) is 70.5 Å². The SMILES string of the molecule is O=C(O)CCC1CCCCN1C(=O)c1ccc(C(F)(F)F)cn1. The largest absolute Gasteiger partial charge is 0.481 e. The van der Waals surface area contributed by atoms with Crippen LogP contribution in [0.5, 0.6) is 0 Å². The number of halogens is 3. The zero-order valence-corrected chi connectivity index (χ0v) is 12.3. The van der Waals surface area contributed by atoms with E-state index >= 15 is 0 Å². The molecule has 1 saturated heterocycles. The van der Waals surface area contributed by atoms with Gasteiger partial charge in [-0.2, -0.15) is 13.2 Å². The van der Waals surface area contributed by atoms with Crippen LogP contribution in [0.4, 0.5) is 13.2 Å². The number of carbonyl (C=O) groups is 2. The minimum Gasteiger partial charge on any atom is -0.481 e. The van der Waals surface area contributed by atoms with Crippen molar-refractivity contribution in [2.75, 3.05) is 6.54 Å². The Labute approximate surface area is 131 Å². The van der Waals surface area contributed by atoms with Gasteiger partial charge >= 0.3 is 12.1 Å². The minimum absolute atomic E-state index is 0.0467. The number of carboxylic acid groups (broad SMARTS) is 1. The van der Waals surface area contributed by atoms with Gasteiger partial charge in [0.2, 0.25) is 0 Å². The predicted molar refractivity (Wildman–Crippen MR) is 74.8 cm³/mol. The Morgan fingerprint density at radius 2 is 2.04 bits per heavy atom. The Kier molecular flexibility index (Phi) is 5.23. The number of aromatic nitrogens is 1. The minimum atomic E-state index is -4.50. The van der Waals surface area contributed by atoms with Crippen molar-refractivity contribution in [2.45, 2.75) is 44.3 Å². The Balaban J connectivity index is 2.11. The molecule has 126 valence electrons. The highest BCUT2D eigenvalue weighted by atomic mass is 19.4. The van der Waals surface area contributed by atoms with Gasteiger partial charge in [-0.1, -0.05) is 0 Å². The lowest BCUT2D eigenvalue weighted by molar-refractivity contribution is -0.138. The Morgan fingerprint density at radius 1 is 1.30 bits per heavy atom. The number of amides is 1. The molecule has 23 heavy (non-hydrogen) atoms. The molecular formula is C15H17F3N2O3. The van der Waals surface area contributed by atoms with Gasteiger partial charge in [-0.15, -0.1) is 0 Å². The van der Waals surface area contributed by atoms with Crippen molar-refractivity contribution in [3.8, 4) is 0 Å². The summed E-state index contributed by atoms with van der Waals surface area (Å²) in [5.74, 6) is -1.38. The van der Waals surface area contributed by atoms with Crippen molar-refractivity contribution < 1.29 is 27.9 Å². The molecule has 0 spiro atoms. The third kappa shape index (κ3) is 4.43. The molecule has 1 aliphatic rings. The summed E-state index contributed by atoms with van der Waals surface area (Å²) in [6.07, 6.45) is -1.19. The van der Waals surface area contributed by atoms with Gasteiger partial charge in [0, 0.05) is 25.2 Å². The molecule has 2 rings (SSSR count). The summed E-state index contributed by atoms with van der Waals surface area (Å²) in [5, 5.41) is 8.77. The van der Waals surface area contributed by atoms with Gasteiger partial charge in [-0.25, -0.2) is 0 Å². The molecule has 1 N–H and O–H groups in total. The summed E-state index contributed by atoms with van der Waals surface area (Å²) in [5.41, 5.74) is -0.963. The van der Waals surface area contributed by atoms with Crippen LogP contribution in [0.1, 0.15) is 48.2 Å². The molecule has 2 heterocycles. The van der Waals surface area contributed by atoms with E-state index < -0.39 is 23.6 Å². The number of aliphatic carboxylic acids is 1. The van der Waals surface area contributed by atoms with Crippen LogP contribution in [0.15, 0.2) is 18.3 Å². The standard InChI is InChI=1S/C15H17F3N2O3/c16-15(17,18)10-4-6-12(19-9-10)14(23)20-8-2-1-3-11(20)5-7-13(21)22/h4,6,9,11H,1-3,5,7-8H2,(H,21,22). The number of hydrogen-bond acceptors (Lipinski definition) is 3. The second kappa shape index (κ2) is 6.97. The lowest BCUT2D eigenvalue weighted by atomic mass is 9.97. The summed E-state index contributed by atoms with van der Waals surface area (Å²) in [7, 11) is 0. The second-order valence-electron chi connectivity index (χ2n) is 5.51. The van der Waals surface area contributed by atoms with Crippen molar-refractivity contribution in [1.29, 1.82) is 0 Å². The number of carboxylic acids is 1. The first-order chi connectivity index (χ1) is 10.8. The van der Waals surface area contributed by atoms with Crippen molar-refractivity contribution in [1.82, 2.24) is 9.88 Å². The van der Waals surface area contributed by atoms with Crippen LogP contribution in [-0.2, 0) is 11.0 Å². The smallest absolute Gasteiger partial charge is 0.417 e. The quantitative estimate of drug-likeness (QED) is 0.921. The van der Waals surface area contributed by atoms with Crippen LogP contribution in [-0.4, -0.2) is 39.5 Å². The lowest BCUT2D eigenvalue weighted by Gasteiger charge is -2.35. The third-order valence-electron chi connectivity index (χ3n) is 3.89. The number of likely N-dealkylation sites (tertiary alicyclic amines) is 1. The number of hydrogen-bond donors (Lipinski definition) is 1. The number of nitrogens with zero attached hydrogens (tertiary/aromatic N) is 2. The zero-order valence-electron chi connectivity index (χ0n) is 12.3. The highest BCUT2D eigenvalue weighted by Gasteiger charge is 2.32. The third-order valence-corrected chi connectivity index (χ3v) is 3.89. The average Bonchev–Trinajstić information content (AvgIpc) is 2.52. The molecule has 0 aliphatic carbocycles. The van der Waals surface area contributed by atoms with Crippen molar-refractivity contribution in [3.63, 3.8) is 0 Å². The molecule has 1 aliphatic heterocycles. The van der Waals surface area contributed by atoms with Gasteiger partial charge in [-0.3, -0.25) is 14.6 Å². The molecule has 1 aromatic rings. The van der Waals surface area contributed by atoms with Crippen LogP contribution in [0.3, 0.4) is 0 Å². The zero-order chi connectivity index (χ0) is 17.0. The maximum absolute atomic E-state index is 12.5. The summed E-state index contributed by atoms with van der Waals surface area (Å²) in [6, 6.07) is 1.68. The van der Waals surface area contributed by atoms with Crippen LogP contribution in [0, 0.1) is 0 Å². The van der Waals surface area contributed by atoms with E-state index in [2.05, 4.69) is 4.98 Å². The van der Waals surface area contributed by atoms with Crippen molar-refractivity contribution in [2.24, 2.45) is 0 Å². The van der Waals surface area contributed by atoms with Crippen LogP contribution in [0.25, 0.3) is 0 Å². The van der Waals surface area contributed by atoms with E-state index in [0.717, 1.165) is 25.0 Å². The van der Waals surface area contributed by atoms with Crippen LogP contribution < -0.4 is 0 Å². The number of alkyl halides is 3. The second-order valence-corrected chi connectivity index (χ2v) is 5.51. The number of pyridine rings is 1. The Hall–Kier alpha value is -2.12. The summed E-state index contributed by atoms with van der Waals surface area (Å²) in [4.78, 5) is 28.3. The lowest BCUT2D eigenvalue weighted by Crippen LogP contribution is -2.44. The molecule has 1 amide bonds. The summed E-state index contributed by atoms with van der Waals surface area (Å²) >= 11 is 0. The maximum atomic E-state index is 12.5. The van der Waals surface area contributed by atoms with E-state index in [0.29, 0.717) is 25.6 Å². The number of piperidine rings is 1. The first-order valence-electron chi connectivity index (χ1n) is 7.35. The van der Waals surface area contributed by atoms with Crippen LogP contribution >= 0.6 is 0 Å². The Bertz CT molecular complexity index is 572. The first-order valence-corrected chi connectivity index (χ1v) is 7.35. The molecule has 5 nitrogen and oxygen atoms in total. The molecule has 1 unspecified atom stereocenters. The summed E-state index contributed by atoms with van der Waals surface area (Å²) < 4.78 is 37.6. The molecule has 1 fully saturated rings. The number of carbonyl (C=O) groups excluding carboxylic acids is 1. The van der Waals surface area contributed by atoms with E-state index in [-0.39, 0.29) is 18.2 Å². The predicted octanol–water partition coefficient (Wildman–Crippen LogP) is 2.96. The highest BCUT2D eigenvalue weighted by Crippen LogP contribution is 2.29. The fraction of sp³-hybridized carbons (Fsp3) is 0.533. The fourth-order valence-electron chi connectivity index (χ4n) is 2.69. The monoisotopic (exact) mass is 330 g/mol. The molecule has 8 heteroatoms. The molecular weight excluding hydrogens is 313 g/mol. The molecule has 1 atom stereocenters. The Morgan fingerprint density at radius 3 is 2.61 bits per heavy atom. The molecule has 0 radical (unpaired) electrons. The molecule has 1 aromatic heterocycles. The van der Waals surface area contributed by atoms with Gasteiger partial charge in [0.15, 0.2) is 0 Å². The molecule has 0 aromatic carbocycles. The van der Waals surface area contributed by atoms with E-state index in [9.17, 15) is 22.8 Å². The van der Waals surface area contributed by atoms with Gasteiger partial charge in [0.05, 0.1) is 5.56 Å². The summed E-state index contributed by atoms with van der Waals surface area (Å²) in [6.45, 7) is 0.464. The number of rotatable bonds is 4. The maximum Gasteiger partial charge on any atom is 0.417 e. The van der Waals surface area contributed by atoms with E-state index in [1.165, 1.54) is 4.90 Å². The molecule has 0 saturated carbocycles. The van der Waals surface area contributed by atoms with Crippen molar-refractivity contribution in [3.05, 3.63) is 29.6 Å². The van der Waals surface area contributed by atoms with E-state index in [1.54, 1.807) is 0 Å². The van der Waals surface area contributed by atoms with E-state index in [4.69, 9.17) is 5.11 Å². The normalized spacial score (nSPS) is 18.7. The molecule has 0 bridgehead atoms. The van der Waals surface area contributed by atoms with Crippen molar-refractivity contribution >= 4 is 11.9 Å². The van der Waals surface area contributed by atoms with E-state index in [1.807, 2.05) is 0 Å².